The number of carboxylic acids is 1. The predicted molar refractivity (Wildman–Crippen MR) is 70.2 cm³/mol. The van der Waals surface area contributed by atoms with E-state index in [9.17, 15) is 4.79 Å². The van der Waals surface area contributed by atoms with E-state index in [-0.39, 0.29) is 0 Å². The summed E-state index contributed by atoms with van der Waals surface area (Å²) in [5, 5.41) is 8.54. The Labute approximate surface area is 104 Å². The molecule has 0 radical (unpaired) electrons. The van der Waals surface area contributed by atoms with Crippen LogP contribution in [0.2, 0.25) is 0 Å². The number of benzene rings is 1. The van der Waals surface area contributed by atoms with Crippen LogP contribution >= 0.6 is 0 Å². The van der Waals surface area contributed by atoms with Crippen LogP contribution in [-0.2, 0) is 17.6 Å². The summed E-state index contributed by atoms with van der Waals surface area (Å²) in [6.07, 6.45) is 6.60. The number of hydrogen-bond donors (Lipinski definition) is 1. The molecule has 0 saturated heterocycles. The zero-order valence-corrected chi connectivity index (χ0v) is 10.6. The Balaban J connectivity index is 2.33. The highest BCUT2D eigenvalue weighted by atomic mass is 16.4. The second kappa shape index (κ2) is 7.88. The van der Waals surface area contributed by atoms with Crippen molar-refractivity contribution in [1.29, 1.82) is 0 Å². The van der Waals surface area contributed by atoms with E-state index in [1.54, 1.807) is 0 Å². The second-order valence-corrected chi connectivity index (χ2v) is 4.47. The average Bonchev–Trinajstić information content (AvgIpc) is 2.31. The molecular weight excluding hydrogens is 212 g/mol. The van der Waals surface area contributed by atoms with Crippen LogP contribution in [-0.4, -0.2) is 11.1 Å². The fourth-order valence-electron chi connectivity index (χ4n) is 2.08. The topological polar surface area (TPSA) is 37.3 Å². The van der Waals surface area contributed by atoms with Gasteiger partial charge in [0.05, 0.1) is 0 Å². The van der Waals surface area contributed by atoms with Gasteiger partial charge in [-0.3, -0.25) is 4.79 Å². The van der Waals surface area contributed by atoms with Crippen LogP contribution in [0.15, 0.2) is 24.3 Å². The van der Waals surface area contributed by atoms with Gasteiger partial charge in [-0.2, -0.15) is 0 Å². The van der Waals surface area contributed by atoms with Crippen LogP contribution in [0.1, 0.15) is 50.2 Å². The third kappa shape index (κ3) is 5.53. The van der Waals surface area contributed by atoms with Crippen molar-refractivity contribution < 1.29 is 9.90 Å². The van der Waals surface area contributed by atoms with Gasteiger partial charge in [0.1, 0.15) is 0 Å². The Morgan fingerprint density at radius 2 is 1.71 bits per heavy atom. The molecule has 0 aliphatic heterocycles. The molecule has 1 N–H and O–H groups in total. The molecule has 2 nitrogen and oxygen atoms in total. The first kappa shape index (κ1) is 13.8. The Bertz CT molecular complexity index is 345. The van der Waals surface area contributed by atoms with E-state index < -0.39 is 5.97 Å². The molecule has 1 aromatic rings. The van der Waals surface area contributed by atoms with Crippen molar-refractivity contribution in [3.8, 4) is 0 Å². The molecule has 0 fully saturated rings. The zero-order valence-electron chi connectivity index (χ0n) is 10.6. The van der Waals surface area contributed by atoms with Crippen LogP contribution in [0.3, 0.4) is 0 Å². The molecule has 17 heavy (non-hydrogen) atoms. The lowest BCUT2D eigenvalue weighted by atomic mass is 9.98. The van der Waals surface area contributed by atoms with E-state index >= 15 is 0 Å². The monoisotopic (exact) mass is 234 g/mol. The molecule has 0 aliphatic carbocycles. The SMILES string of the molecule is CCCc1ccccc1CCCCCC(=O)O. The molecule has 0 spiro atoms. The number of carboxylic acid groups (broad SMARTS) is 1. The highest BCUT2D eigenvalue weighted by molar-refractivity contribution is 5.66. The highest BCUT2D eigenvalue weighted by Crippen LogP contribution is 2.14. The number of hydrogen-bond acceptors (Lipinski definition) is 1. The van der Waals surface area contributed by atoms with E-state index in [0.717, 1.165) is 32.1 Å². The first-order chi connectivity index (χ1) is 8.24. The number of aliphatic carboxylic acids is 1. The minimum atomic E-state index is -0.684. The minimum absolute atomic E-state index is 0.302. The fourth-order valence-corrected chi connectivity index (χ4v) is 2.08. The average molecular weight is 234 g/mol. The lowest BCUT2D eigenvalue weighted by Crippen LogP contribution is -1.96. The molecule has 1 rings (SSSR count). The van der Waals surface area contributed by atoms with Crippen molar-refractivity contribution in [1.82, 2.24) is 0 Å². The Kier molecular flexibility index (Phi) is 6.38. The third-order valence-corrected chi connectivity index (χ3v) is 2.97. The Hall–Kier alpha value is -1.31. The summed E-state index contributed by atoms with van der Waals surface area (Å²) in [6, 6.07) is 8.59. The maximum absolute atomic E-state index is 10.4. The summed E-state index contributed by atoms with van der Waals surface area (Å²) in [5.41, 5.74) is 2.89. The van der Waals surface area contributed by atoms with E-state index in [2.05, 4.69) is 31.2 Å². The van der Waals surface area contributed by atoms with Gasteiger partial charge >= 0.3 is 5.97 Å². The van der Waals surface area contributed by atoms with Gasteiger partial charge in [0.25, 0.3) is 0 Å². The van der Waals surface area contributed by atoms with Crippen molar-refractivity contribution in [2.24, 2.45) is 0 Å². The summed E-state index contributed by atoms with van der Waals surface area (Å²) >= 11 is 0. The van der Waals surface area contributed by atoms with E-state index in [0.29, 0.717) is 6.42 Å². The molecule has 0 saturated carbocycles. The number of aryl methyl sites for hydroxylation is 2. The molecule has 2 heteroatoms. The van der Waals surface area contributed by atoms with Crippen LogP contribution in [0.5, 0.6) is 0 Å². The van der Waals surface area contributed by atoms with Gasteiger partial charge in [0.15, 0.2) is 0 Å². The van der Waals surface area contributed by atoms with Gasteiger partial charge in [-0.15, -0.1) is 0 Å². The maximum atomic E-state index is 10.4. The summed E-state index contributed by atoms with van der Waals surface area (Å²) < 4.78 is 0. The Morgan fingerprint density at radius 1 is 1.06 bits per heavy atom. The van der Waals surface area contributed by atoms with Gasteiger partial charge in [-0.25, -0.2) is 0 Å². The van der Waals surface area contributed by atoms with Crippen molar-refractivity contribution >= 4 is 5.97 Å². The Morgan fingerprint density at radius 3 is 2.29 bits per heavy atom. The number of rotatable bonds is 8. The smallest absolute Gasteiger partial charge is 0.303 e. The van der Waals surface area contributed by atoms with Crippen LogP contribution in [0.25, 0.3) is 0 Å². The third-order valence-electron chi connectivity index (χ3n) is 2.97. The lowest BCUT2D eigenvalue weighted by Gasteiger charge is -2.08. The normalized spacial score (nSPS) is 10.4. The van der Waals surface area contributed by atoms with Gasteiger partial charge in [-0.1, -0.05) is 44.0 Å². The van der Waals surface area contributed by atoms with Gasteiger partial charge in [0, 0.05) is 6.42 Å². The largest absolute Gasteiger partial charge is 0.481 e. The molecule has 0 unspecified atom stereocenters. The number of carbonyl (C=O) groups is 1. The van der Waals surface area contributed by atoms with Crippen molar-refractivity contribution in [3.63, 3.8) is 0 Å². The first-order valence-electron chi connectivity index (χ1n) is 6.52. The number of unbranched alkanes of at least 4 members (excludes halogenated alkanes) is 2. The van der Waals surface area contributed by atoms with Crippen molar-refractivity contribution in [3.05, 3.63) is 35.4 Å². The van der Waals surface area contributed by atoms with E-state index in [1.165, 1.54) is 17.5 Å². The first-order valence-corrected chi connectivity index (χ1v) is 6.52. The van der Waals surface area contributed by atoms with E-state index in [1.807, 2.05) is 0 Å². The summed E-state index contributed by atoms with van der Waals surface area (Å²) in [6.45, 7) is 2.20. The van der Waals surface area contributed by atoms with Gasteiger partial charge in [-0.05, 0) is 36.8 Å². The molecular formula is C15H22O2. The highest BCUT2D eigenvalue weighted by Gasteiger charge is 2.01. The molecule has 0 heterocycles. The summed E-state index contributed by atoms with van der Waals surface area (Å²) in [4.78, 5) is 10.4. The fraction of sp³-hybridized carbons (Fsp3) is 0.533. The molecule has 0 bridgehead atoms. The quantitative estimate of drug-likeness (QED) is 0.694. The van der Waals surface area contributed by atoms with Gasteiger partial charge < -0.3 is 5.11 Å². The lowest BCUT2D eigenvalue weighted by molar-refractivity contribution is -0.137. The van der Waals surface area contributed by atoms with Crippen LogP contribution < -0.4 is 0 Å². The van der Waals surface area contributed by atoms with Crippen molar-refractivity contribution in [2.45, 2.75) is 51.9 Å². The summed E-state index contributed by atoms with van der Waals surface area (Å²) in [7, 11) is 0. The standard InChI is InChI=1S/C15H22O2/c1-2-8-13-10-6-7-11-14(13)9-4-3-5-12-15(16)17/h6-7,10-11H,2-5,8-9,12H2,1H3,(H,16,17). The predicted octanol–water partition coefficient (Wildman–Crippen LogP) is 3.83. The summed E-state index contributed by atoms with van der Waals surface area (Å²) in [5.74, 6) is -0.684. The molecule has 0 aliphatic rings. The molecule has 0 amide bonds. The van der Waals surface area contributed by atoms with Crippen molar-refractivity contribution in [2.75, 3.05) is 0 Å². The minimum Gasteiger partial charge on any atom is -0.481 e. The molecule has 1 aromatic carbocycles. The maximum Gasteiger partial charge on any atom is 0.303 e. The van der Waals surface area contributed by atoms with E-state index in [4.69, 9.17) is 5.11 Å². The molecule has 0 atom stereocenters. The second-order valence-electron chi connectivity index (χ2n) is 4.47. The van der Waals surface area contributed by atoms with Gasteiger partial charge in [0.2, 0.25) is 0 Å². The molecule has 94 valence electrons. The van der Waals surface area contributed by atoms with Crippen LogP contribution in [0, 0.1) is 0 Å². The van der Waals surface area contributed by atoms with Crippen LogP contribution in [0.4, 0.5) is 0 Å². The zero-order chi connectivity index (χ0) is 12.5. The molecule has 0 aromatic heterocycles.